The van der Waals surface area contributed by atoms with Crippen LogP contribution in [0.5, 0.6) is 0 Å². The minimum atomic E-state index is -3.79. The first kappa shape index (κ1) is 39.3. The van der Waals surface area contributed by atoms with Crippen LogP contribution < -0.4 is 17.2 Å². The lowest BCUT2D eigenvalue weighted by molar-refractivity contribution is -0.140. The van der Waals surface area contributed by atoms with Crippen LogP contribution in [0.2, 0.25) is 0 Å². The van der Waals surface area contributed by atoms with Crippen molar-refractivity contribution >= 4 is 44.4 Å². The zero-order valence-electron chi connectivity index (χ0n) is 26.3. The Morgan fingerprint density at radius 2 is 1.62 bits per heavy atom. The molecule has 0 unspecified atom stereocenters. The molecule has 0 aliphatic heterocycles. The number of methoxy groups -OCH3 is 1. The molecule has 2 aromatic carbocycles. The van der Waals surface area contributed by atoms with Crippen LogP contribution in [0.1, 0.15) is 58.3 Å². The molecule has 8 N–H and O–H groups in total. The summed E-state index contributed by atoms with van der Waals surface area (Å²) in [6, 6.07) is 11.6. The van der Waals surface area contributed by atoms with E-state index in [2.05, 4.69) is 11.9 Å². The predicted octanol–water partition coefficient (Wildman–Crippen LogP) is 2.60. The van der Waals surface area contributed by atoms with Crippen LogP contribution in [0.15, 0.2) is 52.4 Å². The highest BCUT2D eigenvalue weighted by Gasteiger charge is 2.30. The molecular formula is C31H49N5O8S. The molecule has 0 bridgehead atoms. The van der Waals surface area contributed by atoms with Gasteiger partial charge in [-0.15, -0.1) is 0 Å². The van der Waals surface area contributed by atoms with Gasteiger partial charge in [-0.25, -0.2) is 8.42 Å². The number of hydrogen-bond donors (Lipinski definition) is 5. The molecule has 0 aliphatic carbocycles. The summed E-state index contributed by atoms with van der Waals surface area (Å²) in [6.07, 6.45) is 4.09. The standard InChI is InChI=1S/C25H35NO6S.C6H14N4O2/c1-3-4-7-15-26(16-8-17-32-2)25(29)22(12-14-24(27)28)19-33(30,31)23-13-11-20-9-5-6-10-21(20)18-23;7-4(5(11)12)2-1-3-10-6(8)9/h5-6,9-11,13,18,22H,3-4,7-8,12,14-17,19H2,1-2H3,(H,27,28);4H,1-3,7H2,(H,11,12)(H4,8,9,10)/t22-;4-/m10/s1. The van der Waals surface area contributed by atoms with E-state index in [0.717, 1.165) is 30.0 Å². The summed E-state index contributed by atoms with van der Waals surface area (Å²) < 4.78 is 31.6. The van der Waals surface area contributed by atoms with Gasteiger partial charge in [-0.1, -0.05) is 50.1 Å². The van der Waals surface area contributed by atoms with Crippen LogP contribution in [-0.4, -0.2) is 92.5 Å². The lowest BCUT2D eigenvalue weighted by Gasteiger charge is -2.27. The topological polar surface area (TPSA) is 229 Å². The number of hydrogen-bond acceptors (Lipinski definition) is 8. The Morgan fingerprint density at radius 1 is 0.956 bits per heavy atom. The number of aliphatic carboxylic acids is 2. The molecule has 45 heavy (non-hydrogen) atoms. The Bertz CT molecular complexity index is 1340. The van der Waals surface area contributed by atoms with Crippen LogP contribution in [-0.2, 0) is 29.0 Å². The van der Waals surface area contributed by atoms with Crippen LogP contribution in [0.4, 0.5) is 0 Å². The van der Waals surface area contributed by atoms with Crippen LogP contribution in [0, 0.1) is 5.92 Å². The number of sulfone groups is 1. The number of ether oxygens (including phenoxy) is 1. The second kappa shape index (κ2) is 21.1. The van der Waals surface area contributed by atoms with Crippen LogP contribution >= 0.6 is 0 Å². The van der Waals surface area contributed by atoms with Gasteiger partial charge in [0.05, 0.1) is 16.6 Å². The fraction of sp³-hybridized carbons (Fsp3) is 0.548. The van der Waals surface area contributed by atoms with E-state index in [1.165, 1.54) is 0 Å². The van der Waals surface area contributed by atoms with Gasteiger partial charge in [0.25, 0.3) is 0 Å². The zero-order chi connectivity index (χ0) is 33.8. The number of fused-ring (bicyclic) bond motifs is 1. The van der Waals surface area contributed by atoms with Gasteiger partial charge in [-0.05, 0) is 55.0 Å². The maximum atomic E-state index is 13.4. The van der Waals surface area contributed by atoms with E-state index in [4.69, 9.17) is 27.0 Å². The van der Waals surface area contributed by atoms with E-state index in [1.807, 2.05) is 24.3 Å². The van der Waals surface area contributed by atoms with Gasteiger partial charge >= 0.3 is 11.9 Å². The minimum absolute atomic E-state index is 0.0129. The van der Waals surface area contributed by atoms with Gasteiger partial charge in [-0.2, -0.15) is 0 Å². The molecule has 14 heteroatoms. The third kappa shape index (κ3) is 15.7. The number of guanidine groups is 1. The third-order valence-electron chi connectivity index (χ3n) is 6.96. The Morgan fingerprint density at radius 3 is 2.22 bits per heavy atom. The number of nitrogens with zero attached hydrogens (tertiary/aromatic N) is 2. The third-order valence-corrected chi connectivity index (χ3v) is 8.77. The van der Waals surface area contributed by atoms with Crippen molar-refractivity contribution in [1.82, 2.24) is 4.90 Å². The van der Waals surface area contributed by atoms with E-state index >= 15 is 0 Å². The Labute approximate surface area is 265 Å². The van der Waals surface area contributed by atoms with Gasteiger partial charge in [0.15, 0.2) is 15.8 Å². The average molecular weight is 652 g/mol. The largest absolute Gasteiger partial charge is 0.481 e. The van der Waals surface area contributed by atoms with Gasteiger partial charge in [0.2, 0.25) is 5.91 Å². The number of carboxylic acid groups (broad SMARTS) is 2. The molecule has 13 nitrogen and oxygen atoms in total. The summed E-state index contributed by atoms with van der Waals surface area (Å²) in [4.78, 5) is 40.3. The molecule has 2 atom stereocenters. The zero-order valence-corrected chi connectivity index (χ0v) is 27.1. The molecule has 0 heterocycles. The fourth-order valence-corrected chi connectivity index (χ4v) is 6.10. The first-order valence-corrected chi connectivity index (χ1v) is 16.7. The number of aliphatic imine (C=N–C) groups is 1. The number of carboxylic acids is 2. The van der Waals surface area contributed by atoms with E-state index in [1.54, 1.807) is 30.2 Å². The van der Waals surface area contributed by atoms with Crippen molar-refractivity contribution in [3.05, 3.63) is 42.5 Å². The Hall–Kier alpha value is -3.75. The number of benzene rings is 2. The highest BCUT2D eigenvalue weighted by Crippen LogP contribution is 2.24. The summed E-state index contributed by atoms with van der Waals surface area (Å²) in [5.41, 5.74) is 15.3. The van der Waals surface area contributed by atoms with Gasteiger partial charge in [0.1, 0.15) is 6.04 Å². The molecule has 0 radical (unpaired) electrons. The van der Waals surface area contributed by atoms with Gasteiger partial charge in [-0.3, -0.25) is 19.4 Å². The van der Waals surface area contributed by atoms with Crippen LogP contribution in [0.3, 0.4) is 0 Å². The molecule has 0 aromatic heterocycles. The number of unbranched alkanes of at least 4 members (excludes halogenated alkanes) is 2. The maximum absolute atomic E-state index is 13.4. The predicted molar refractivity (Wildman–Crippen MR) is 174 cm³/mol. The summed E-state index contributed by atoms with van der Waals surface area (Å²) in [6.45, 7) is 3.96. The fourth-order valence-electron chi connectivity index (χ4n) is 4.48. The first-order chi connectivity index (χ1) is 21.3. The smallest absolute Gasteiger partial charge is 0.320 e. The highest BCUT2D eigenvalue weighted by molar-refractivity contribution is 7.91. The molecule has 0 saturated carbocycles. The first-order valence-electron chi connectivity index (χ1n) is 15.1. The molecule has 1 amide bonds. The molecule has 2 rings (SSSR count). The summed E-state index contributed by atoms with van der Waals surface area (Å²) in [7, 11) is -2.20. The lowest BCUT2D eigenvalue weighted by atomic mass is 10.0. The van der Waals surface area contributed by atoms with Gasteiger partial charge < -0.3 is 37.1 Å². The average Bonchev–Trinajstić information content (AvgIpc) is 3.00. The number of carbonyl (C=O) groups is 3. The Kier molecular flexibility index (Phi) is 18.4. The summed E-state index contributed by atoms with van der Waals surface area (Å²) in [5.74, 6) is -3.66. The van der Waals surface area contributed by atoms with E-state index in [-0.39, 0.29) is 29.6 Å². The maximum Gasteiger partial charge on any atom is 0.320 e. The van der Waals surface area contributed by atoms with Crippen molar-refractivity contribution in [3.8, 4) is 0 Å². The monoisotopic (exact) mass is 651 g/mol. The molecule has 0 aliphatic rings. The van der Waals surface area contributed by atoms with Gasteiger partial charge in [0, 0.05) is 39.8 Å². The minimum Gasteiger partial charge on any atom is -0.481 e. The van der Waals surface area contributed by atoms with Crippen molar-refractivity contribution in [1.29, 1.82) is 0 Å². The highest BCUT2D eigenvalue weighted by atomic mass is 32.2. The van der Waals surface area contributed by atoms with E-state index in [9.17, 15) is 27.9 Å². The van der Waals surface area contributed by atoms with Crippen molar-refractivity contribution in [2.75, 3.05) is 39.1 Å². The normalized spacial score (nSPS) is 12.4. The Balaban J connectivity index is 0.000000712. The van der Waals surface area contributed by atoms with Crippen molar-refractivity contribution in [2.45, 2.75) is 69.2 Å². The second-order valence-electron chi connectivity index (χ2n) is 10.7. The summed E-state index contributed by atoms with van der Waals surface area (Å²) >= 11 is 0. The number of nitrogens with two attached hydrogens (primary N) is 3. The van der Waals surface area contributed by atoms with Crippen LogP contribution in [0.25, 0.3) is 10.8 Å². The molecular weight excluding hydrogens is 602 g/mol. The second-order valence-corrected chi connectivity index (χ2v) is 12.7. The molecule has 0 fully saturated rings. The van der Waals surface area contributed by atoms with E-state index in [0.29, 0.717) is 45.5 Å². The van der Waals surface area contributed by atoms with Crippen molar-refractivity contribution < 1.29 is 37.8 Å². The van der Waals surface area contributed by atoms with Crippen molar-refractivity contribution in [2.24, 2.45) is 28.1 Å². The molecule has 2 aromatic rings. The number of carbonyl (C=O) groups excluding carboxylic acids is 1. The molecule has 0 spiro atoms. The van der Waals surface area contributed by atoms with Crippen molar-refractivity contribution in [3.63, 3.8) is 0 Å². The summed E-state index contributed by atoms with van der Waals surface area (Å²) in [5, 5.41) is 19.3. The molecule has 252 valence electrons. The van der Waals surface area contributed by atoms with E-state index < -0.39 is 39.5 Å². The number of amides is 1. The molecule has 0 saturated heterocycles. The lowest BCUT2D eigenvalue weighted by Crippen LogP contribution is -2.40. The SMILES string of the molecule is CCCCCN(CCCOC)C(=O)[C@H](CCC(=O)O)CS(=O)(=O)c1ccc2ccccc2c1.NC(N)=NCCC[C@H](N)C(=O)O. The number of rotatable bonds is 20. The quantitative estimate of drug-likeness (QED) is 0.0794.